The van der Waals surface area contributed by atoms with Gasteiger partial charge < -0.3 is 5.73 Å². The highest BCUT2D eigenvalue weighted by Crippen LogP contribution is 2.36. The second-order valence-corrected chi connectivity index (χ2v) is 6.59. The smallest absolute Gasteiger partial charge is 0.124 e. The summed E-state index contributed by atoms with van der Waals surface area (Å²) in [4.78, 5) is 2.44. The number of nitrogens with zero attached hydrogens (tertiary/aromatic N) is 1. The van der Waals surface area contributed by atoms with E-state index in [4.69, 9.17) is 11.1 Å². The predicted molar refractivity (Wildman–Crippen MR) is 82.8 cm³/mol. The summed E-state index contributed by atoms with van der Waals surface area (Å²) >= 11 is 0. The Balaban J connectivity index is 1.68. The number of nitrogens with two attached hydrogens (primary N) is 1. The summed E-state index contributed by atoms with van der Waals surface area (Å²) in [6.07, 6.45) is 6.78. The van der Waals surface area contributed by atoms with Crippen molar-refractivity contribution in [3.05, 3.63) is 35.1 Å². The number of nitrogen functional groups attached to an aromatic ring is 1. The number of nitrogens with one attached hydrogen (secondary N) is 1. The zero-order valence-electron chi connectivity index (χ0n) is 12.4. The zero-order valence-corrected chi connectivity index (χ0v) is 12.4. The van der Waals surface area contributed by atoms with Crippen molar-refractivity contribution in [3.63, 3.8) is 0 Å². The van der Waals surface area contributed by atoms with Crippen molar-refractivity contribution in [1.82, 2.24) is 4.90 Å². The minimum absolute atomic E-state index is 0.0678. The van der Waals surface area contributed by atoms with Crippen LogP contribution in [0.25, 0.3) is 0 Å². The fourth-order valence-corrected chi connectivity index (χ4v) is 3.98. The van der Waals surface area contributed by atoms with Gasteiger partial charge in [0.2, 0.25) is 0 Å². The van der Waals surface area contributed by atoms with Crippen LogP contribution in [0.1, 0.15) is 43.2 Å². The number of benzene rings is 1. The molecule has 2 aliphatic rings. The predicted octanol–water partition coefficient (Wildman–Crippen LogP) is 3.12. The SMILES string of the molecule is N=C(N)c1cc(F)cc(CN2CCC3CCCCC3C2)c1. The molecule has 0 aromatic heterocycles. The molecule has 3 nitrogen and oxygen atoms in total. The van der Waals surface area contributed by atoms with E-state index in [1.54, 1.807) is 6.07 Å². The van der Waals surface area contributed by atoms with Crippen molar-refractivity contribution in [2.75, 3.05) is 13.1 Å². The average molecular weight is 289 g/mol. The molecule has 2 unspecified atom stereocenters. The largest absolute Gasteiger partial charge is 0.384 e. The Morgan fingerprint density at radius 3 is 2.71 bits per heavy atom. The van der Waals surface area contributed by atoms with Crippen LogP contribution in [0.3, 0.4) is 0 Å². The first-order chi connectivity index (χ1) is 10.1. The van der Waals surface area contributed by atoms with Gasteiger partial charge in [0, 0.05) is 18.7 Å². The van der Waals surface area contributed by atoms with E-state index in [9.17, 15) is 4.39 Å². The van der Waals surface area contributed by atoms with E-state index in [2.05, 4.69) is 4.90 Å². The highest BCUT2D eigenvalue weighted by atomic mass is 19.1. The van der Waals surface area contributed by atoms with Gasteiger partial charge in [0.05, 0.1) is 0 Å². The molecule has 4 heteroatoms. The molecule has 0 radical (unpaired) electrons. The van der Waals surface area contributed by atoms with Crippen molar-refractivity contribution < 1.29 is 4.39 Å². The summed E-state index contributed by atoms with van der Waals surface area (Å²) in [5.41, 5.74) is 6.88. The molecular formula is C17H24FN3. The molecule has 0 spiro atoms. The maximum Gasteiger partial charge on any atom is 0.124 e. The molecule has 21 heavy (non-hydrogen) atoms. The quantitative estimate of drug-likeness (QED) is 0.663. The zero-order chi connectivity index (χ0) is 14.8. The summed E-state index contributed by atoms with van der Waals surface area (Å²) < 4.78 is 13.6. The van der Waals surface area contributed by atoms with Crippen molar-refractivity contribution in [1.29, 1.82) is 5.41 Å². The van der Waals surface area contributed by atoms with Gasteiger partial charge in [0.25, 0.3) is 0 Å². The van der Waals surface area contributed by atoms with Crippen molar-refractivity contribution in [2.24, 2.45) is 17.6 Å². The van der Waals surface area contributed by atoms with Crippen LogP contribution in [-0.4, -0.2) is 23.8 Å². The lowest BCUT2D eigenvalue weighted by Crippen LogP contribution is -2.41. The number of fused-ring (bicyclic) bond motifs is 1. The fraction of sp³-hybridized carbons (Fsp3) is 0.588. The molecule has 3 N–H and O–H groups in total. The van der Waals surface area contributed by atoms with E-state index in [1.807, 2.05) is 6.07 Å². The topological polar surface area (TPSA) is 53.1 Å². The molecule has 1 aromatic carbocycles. The molecular weight excluding hydrogens is 265 g/mol. The van der Waals surface area contributed by atoms with Gasteiger partial charge >= 0.3 is 0 Å². The van der Waals surface area contributed by atoms with Gasteiger partial charge in [-0.05, 0) is 55.0 Å². The highest BCUT2D eigenvalue weighted by Gasteiger charge is 2.30. The minimum Gasteiger partial charge on any atom is -0.384 e. The average Bonchev–Trinajstić information content (AvgIpc) is 2.46. The molecule has 2 atom stereocenters. The van der Waals surface area contributed by atoms with Crippen molar-refractivity contribution >= 4 is 5.84 Å². The highest BCUT2D eigenvalue weighted by molar-refractivity contribution is 5.95. The number of hydrogen-bond acceptors (Lipinski definition) is 2. The maximum atomic E-state index is 13.6. The van der Waals surface area contributed by atoms with Crippen molar-refractivity contribution in [3.8, 4) is 0 Å². The Bertz CT molecular complexity index is 529. The second kappa shape index (κ2) is 6.14. The Hall–Kier alpha value is -1.42. The number of amidine groups is 1. The first-order valence-corrected chi connectivity index (χ1v) is 7.98. The lowest BCUT2D eigenvalue weighted by molar-refractivity contribution is 0.0820. The van der Waals surface area contributed by atoms with Crippen LogP contribution in [-0.2, 0) is 6.54 Å². The molecule has 0 bridgehead atoms. The van der Waals surface area contributed by atoms with E-state index in [0.717, 1.165) is 37.0 Å². The molecule has 1 heterocycles. The lowest BCUT2D eigenvalue weighted by atomic mass is 9.75. The van der Waals surface area contributed by atoms with Crippen LogP contribution < -0.4 is 5.73 Å². The first kappa shape index (κ1) is 14.5. The Kier molecular flexibility index (Phi) is 4.24. The van der Waals surface area contributed by atoms with Crippen LogP contribution >= 0.6 is 0 Å². The first-order valence-electron chi connectivity index (χ1n) is 7.98. The third-order valence-electron chi connectivity index (χ3n) is 5.05. The third-order valence-corrected chi connectivity index (χ3v) is 5.05. The number of piperidine rings is 1. The summed E-state index contributed by atoms with van der Waals surface area (Å²) in [5.74, 6) is 1.37. The number of rotatable bonds is 3. The summed E-state index contributed by atoms with van der Waals surface area (Å²) in [7, 11) is 0. The molecule has 1 saturated heterocycles. The van der Waals surface area contributed by atoms with E-state index >= 15 is 0 Å². The van der Waals surface area contributed by atoms with Crippen LogP contribution in [0.2, 0.25) is 0 Å². The summed E-state index contributed by atoms with van der Waals surface area (Å²) in [6, 6.07) is 4.75. The molecule has 1 aromatic rings. The van der Waals surface area contributed by atoms with E-state index in [1.165, 1.54) is 38.2 Å². The summed E-state index contributed by atoms with van der Waals surface area (Å²) in [5, 5.41) is 7.47. The number of likely N-dealkylation sites (tertiary alicyclic amines) is 1. The van der Waals surface area contributed by atoms with Gasteiger partial charge in [-0.1, -0.05) is 19.3 Å². The van der Waals surface area contributed by atoms with Crippen molar-refractivity contribution in [2.45, 2.75) is 38.6 Å². The van der Waals surface area contributed by atoms with Gasteiger partial charge in [-0.15, -0.1) is 0 Å². The third kappa shape index (κ3) is 3.43. The van der Waals surface area contributed by atoms with E-state index < -0.39 is 0 Å². The van der Waals surface area contributed by atoms with Crippen LogP contribution in [0.15, 0.2) is 18.2 Å². The van der Waals surface area contributed by atoms with E-state index in [-0.39, 0.29) is 11.7 Å². The monoisotopic (exact) mass is 289 g/mol. The minimum atomic E-state index is -0.301. The maximum absolute atomic E-state index is 13.6. The second-order valence-electron chi connectivity index (χ2n) is 6.59. The van der Waals surface area contributed by atoms with Gasteiger partial charge in [0.15, 0.2) is 0 Å². The fourth-order valence-electron chi connectivity index (χ4n) is 3.98. The molecule has 114 valence electrons. The Labute approximate surface area is 125 Å². The molecule has 1 aliphatic carbocycles. The van der Waals surface area contributed by atoms with Crippen LogP contribution in [0, 0.1) is 23.1 Å². The number of halogens is 1. The summed E-state index contributed by atoms with van der Waals surface area (Å²) in [6.45, 7) is 3.00. The molecule has 1 aliphatic heterocycles. The Morgan fingerprint density at radius 2 is 1.95 bits per heavy atom. The molecule has 3 rings (SSSR count). The normalized spacial score (nSPS) is 26.3. The van der Waals surface area contributed by atoms with Gasteiger partial charge in [-0.2, -0.15) is 0 Å². The lowest BCUT2D eigenvalue weighted by Gasteiger charge is -2.41. The molecule has 1 saturated carbocycles. The van der Waals surface area contributed by atoms with Gasteiger partial charge in [-0.3, -0.25) is 10.3 Å². The standard InChI is InChI=1S/C17H24FN3/c18-16-8-12(7-15(9-16)17(19)20)10-21-6-5-13-3-1-2-4-14(13)11-21/h7-9,13-14H,1-6,10-11H2,(H3,19,20). The molecule has 0 amide bonds. The van der Waals surface area contributed by atoms with Gasteiger partial charge in [-0.25, -0.2) is 4.39 Å². The van der Waals surface area contributed by atoms with Gasteiger partial charge in [0.1, 0.15) is 11.7 Å². The van der Waals surface area contributed by atoms with Crippen LogP contribution in [0.4, 0.5) is 4.39 Å². The van der Waals surface area contributed by atoms with Crippen LogP contribution in [0.5, 0.6) is 0 Å². The molecule has 2 fully saturated rings. The van der Waals surface area contributed by atoms with E-state index in [0.29, 0.717) is 5.56 Å². The number of hydrogen-bond donors (Lipinski definition) is 2. The Morgan fingerprint density at radius 1 is 1.19 bits per heavy atom.